The first-order valence-corrected chi connectivity index (χ1v) is 7.71. The normalized spacial score (nSPS) is 17.9. The molecule has 0 bridgehead atoms. The Morgan fingerprint density at radius 3 is 2.62 bits per heavy atom. The predicted octanol–water partition coefficient (Wildman–Crippen LogP) is 3.54. The molecule has 0 amide bonds. The number of fused-ring (bicyclic) bond motifs is 1. The largest absolute Gasteiger partial charge is 0.497 e. The third-order valence-corrected chi connectivity index (χ3v) is 4.33. The van der Waals surface area contributed by atoms with E-state index in [0.29, 0.717) is 5.92 Å². The van der Waals surface area contributed by atoms with Crippen LogP contribution in [0, 0.1) is 0 Å². The minimum atomic E-state index is 0.596. The molecule has 0 radical (unpaired) electrons. The van der Waals surface area contributed by atoms with E-state index in [0.717, 1.165) is 31.7 Å². The number of rotatable bonds is 3. The minimum Gasteiger partial charge on any atom is -0.497 e. The SMILES string of the molecule is COc1ccc(Cc2ccc3c(c2)C(C)CNCC3)cc1. The maximum absolute atomic E-state index is 5.21. The Bertz CT molecular complexity index is 603. The summed E-state index contributed by atoms with van der Waals surface area (Å²) in [6.07, 6.45) is 2.12. The number of methoxy groups -OCH3 is 1. The Balaban J connectivity index is 1.82. The van der Waals surface area contributed by atoms with Crippen LogP contribution in [0.3, 0.4) is 0 Å². The van der Waals surface area contributed by atoms with Gasteiger partial charge in [-0.2, -0.15) is 0 Å². The van der Waals surface area contributed by atoms with Gasteiger partial charge in [-0.1, -0.05) is 37.3 Å². The fourth-order valence-corrected chi connectivity index (χ4v) is 3.07. The highest BCUT2D eigenvalue weighted by atomic mass is 16.5. The Labute approximate surface area is 127 Å². The first-order valence-electron chi connectivity index (χ1n) is 7.71. The van der Waals surface area contributed by atoms with E-state index < -0.39 is 0 Å². The first-order chi connectivity index (χ1) is 10.3. The van der Waals surface area contributed by atoms with Crippen LogP contribution in [0.5, 0.6) is 5.75 Å². The van der Waals surface area contributed by atoms with Crippen LogP contribution in [-0.2, 0) is 12.8 Å². The number of benzene rings is 2. The molecule has 3 rings (SSSR count). The minimum absolute atomic E-state index is 0.596. The lowest BCUT2D eigenvalue weighted by atomic mass is 9.92. The summed E-state index contributed by atoms with van der Waals surface area (Å²) in [5.74, 6) is 1.51. The van der Waals surface area contributed by atoms with Crippen molar-refractivity contribution in [3.8, 4) is 5.75 Å². The number of hydrogen-bond donors (Lipinski definition) is 1. The van der Waals surface area contributed by atoms with E-state index in [9.17, 15) is 0 Å². The van der Waals surface area contributed by atoms with Gasteiger partial charge in [-0.3, -0.25) is 0 Å². The van der Waals surface area contributed by atoms with E-state index in [1.165, 1.54) is 22.3 Å². The smallest absolute Gasteiger partial charge is 0.118 e. The van der Waals surface area contributed by atoms with Crippen LogP contribution in [0.4, 0.5) is 0 Å². The molecule has 1 N–H and O–H groups in total. The van der Waals surface area contributed by atoms with Crippen LogP contribution in [0.2, 0.25) is 0 Å². The van der Waals surface area contributed by atoms with Gasteiger partial charge in [-0.25, -0.2) is 0 Å². The van der Waals surface area contributed by atoms with E-state index in [-0.39, 0.29) is 0 Å². The fraction of sp³-hybridized carbons (Fsp3) is 0.368. The van der Waals surface area contributed by atoms with Gasteiger partial charge in [-0.05, 0) is 59.7 Å². The standard InChI is InChI=1S/C19H23NO/c1-14-13-20-10-9-17-6-3-16(12-19(14)17)11-15-4-7-18(21-2)8-5-15/h3-8,12,14,20H,9-11,13H2,1-2H3. The Morgan fingerprint density at radius 1 is 1.10 bits per heavy atom. The number of ether oxygens (including phenoxy) is 1. The lowest BCUT2D eigenvalue weighted by molar-refractivity contribution is 0.414. The van der Waals surface area contributed by atoms with Gasteiger partial charge in [0, 0.05) is 6.54 Å². The van der Waals surface area contributed by atoms with Crippen LogP contribution >= 0.6 is 0 Å². The van der Waals surface area contributed by atoms with Crippen molar-refractivity contribution in [1.29, 1.82) is 0 Å². The molecule has 0 saturated heterocycles. The lowest BCUT2D eigenvalue weighted by Crippen LogP contribution is -2.18. The van der Waals surface area contributed by atoms with E-state index in [1.54, 1.807) is 7.11 Å². The van der Waals surface area contributed by atoms with Crippen molar-refractivity contribution in [2.45, 2.75) is 25.7 Å². The molecule has 2 aromatic carbocycles. The van der Waals surface area contributed by atoms with Gasteiger partial charge in [0.25, 0.3) is 0 Å². The zero-order chi connectivity index (χ0) is 14.7. The second-order valence-electron chi connectivity index (χ2n) is 5.91. The lowest BCUT2D eigenvalue weighted by Gasteiger charge is -2.14. The molecule has 21 heavy (non-hydrogen) atoms. The molecule has 1 atom stereocenters. The molecule has 0 saturated carbocycles. The monoisotopic (exact) mass is 281 g/mol. The van der Waals surface area contributed by atoms with Gasteiger partial charge >= 0.3 is 0 Å². The van der Waals surface area contributed by atoms with Gasteiger partial charge in [0.2, 0.25) is 0 Å². The van der Waals surface area contributed by atoms with Crippen molar-refractivity contribution in [2.24, 2.45) is 0 Å². The van der Waals surface area contributed by atoms with Gasteiger partial charge in [-0.15, -0.1) is 0 Å². The molecule has 0 aliphatic carbocycles. The maximum Gasteiger partial charge on any atom is 0.118 e. The highest BCUT2D eigenvalue weighted by molar-refractivity contribution is 5.38. The molecule has 1 aliphatic rings. The zero-order valence-corrected chi connectivity index (χ0v) is 12.9. The maximum atomic E-state index is 5.21. The second kappa shape index (κ2) is 6.31. The molecular formula is C19H23NO. The topological polar surface area (TPSA) is 21.3 Å². The van der Waals surface area contributed by atoms with Crippen LogP contribution in [0.1, 0.15) is 35.1 Å². The van der Waals surface area contributed by atoms with Crippen molar-refractivity contribution >= 4 is 0 Å². The molecule has 2 heteroatoms. The van der Waals surface area contributed by atoms with Crippen LogP contribution in [-0.4, -0.2) is 20.2 Å². The van der Waals surface area contributed by atoms with E-state index >= 15 is 0 Å². The Hall–Kier alpha value is -1.80. The molecule has 0 spiro atoms. The summed E-state index contributed by atoms with van der Waals surface area (Å²) in [7, 11) is 1.71. The summed E-state index contributed by atoms with van der Waals surface area (Å²) in [5, 5.41) is 3.51. The summed E-state index contributed by atoms with van der Waals surface area (Å²) in [5.41, 5.74) is 5.75. The van der Waals surface area contributed by atoms with Crippen LogP contribution in [0.15, 0.2) is 42.5 Å². The Kier molecular flexibility index (Phi) is 4.26. The summed E-state index contributed by atoms with van der Waals surface area (Å²) in [6, 6.07) is 15.4. The molecule has 110 valence electrons. The highest BCUT2D eigenvalue weighted by Gasteiger charge is 2.14. The summed E-state index contributed by atoms with van der Waals surface area (Å²) < 4.78 is 5.21. The van der Waals surface area contributed by atoms with E-state index in [4.69, 9.17) is 4.74 Å². The van der Waals surface area contributed by atoms with E-state index in [1.807, 2.05) is 12.1 Å². The summed E-state index contributed by atoms with van der Waals surface area (Å²) >= 11 is 0. The highest BCUT2D eigenvalue weighted by Crippen LogP contribution is 2.25. The summed E-state index contributed by atoms with van der Waals surface area (Å²) in [6.45, 7) is 4.49. The molecule has 0 fully saturated rings. The fourth-order valence-electron chi connectivity index (χ4n) is 3.07. The van der Waals surface area contributed by atoms with Gasteiger partial charge in [0.05, 0.1) is 7.11 Å². The second-order valence-corrected chi connectivity index (χ2v) is 5.91. The molecule has 2 nitrogen and oxygen atoms in total. The van der Waals surface area contributed by atoms with Crippen molar-refractivity contribution in [3.05, 3.63) is 64.7 Å². The van der Waals surface area contributed by atoms with Gasteiger partial charge in [0.15, 0.2) is 0 Å². The van der Waals surface area contributed by atoms with Crippen molar-refractivity contribution in [2.75, 3.05) is 20.2 Å². The molecule has 1 unspecified atom stereocenters. The van der Waals surface area contributed by atoms with Crippen LogP contribution in [0.25, 0.3) is 0 Å². The zero-order valence-electron chi connectivity index (χ0n) is 12.9. The van der Waals surface area contributed by atoms with Crippen molar-refractivity contribution < 1.29 is 4.74 Å². The average Bonchev–Trinajstić information content (AvgIpc) is 2.70. The van der Waals surface area contributed by atoms with Gasteiger partial charge in [0.1, 0.15) is 5.75 Å². The predicted molar refractivity (Wildman–Crippen MR) is 87.2 cm³/mol. The van der Waals surface area contributed by atoms with Gasteiger partial charge < -0.3 is 10.1 Å². The van der Waals surface area contributed by atoms with Crippen molar-refractivity contribution in [3.63, 3.8) is 0 Å². The molecule has 0 aromatic heterocycles. The molecule has 2 aromatic rings. The third-order valence-electron chi connectivity index (χ3n) is 4.33. The van der Waals surface area contributed by atoms with Crippen LogP contribution < -0.4 is 10.1 Å². The quantitative estimate of drug-likeness (QED) is 0.929. The average molecular weight is 281 g/mol. The van der Waals surface area contributed by atoms with Crippen molar-refractivity contribution in [1.82, 2.24) is 5.32 Å². The third kappa shape index (κ3) is 3.27. The van der Waals surface area contributed by atoms with E-state index in [2.05, 4.69) is 42.6 Å². The Morgan fingerprint density at radius 2 is 1.86 bits per heavy atom. The number of nitrogens with one attached hydrogen (secondary N) is 1. The number of hydrogen-bond acceptors (Lipinski definition) is 2. The first kappa shape index (κ1) is 14.2. The molecule has 1 heterocycles. The summed E-state index contributed by atoms with van der Waals surface area (Å²) in [4.78, 5) is 0. The molecular weight excluding hydrogens is 258 g/mol. The molecule has 1 aliphatic heterocycles.